The molecule has 92 valence electrons. The van der Waals surface area contributed by atoms with E-state index in [1.807, 2.05) is 13.0 Å². The van der Waals surface area contributed by atoms with Crippen molar-refractivity contribution in [1.82, 2.24) is 5.32 Å². The number of benzene rings is 1. The minimum Gasteiger partial charge on any atom is -0.550 e. The molecule has 0 aliphatic rings. The molecule has 0 aromatic heterocycles. The van der Waals surface area contributed by atoms with Gasteiger partial charge in [-0.2, -0.15) is 0 Å². The summed E-state index contributed by atoms with van der Waals surface area (Å²) < 4.78 is 0. The molecule has 1 rings (SSSR count). The Kier molecular flexibility index (Phi) is 5.20. The molecule has 0 saturated carbocycles. The molecule has 4 heteroatoms. The highest BCUT2D eigenvalue weighted by atomic mass is 16.4. The van der Waals surface area contributed by atoms with E-state index in [1.54, 1.807) is 24.3 Å². The van der Waals surface area contributed by atoms with E-state index in [9.17, 15) is 14.7 Å². The highest BCUT2D eigenvalue weighted by Crippen LogP contribution is 2.04. The van der Waals surface area contributed by atoms with Crippen LogP contribution in [-0.4, -0.2) is 17.9 Å². The lowest BCUT2D eigenvalue weighted by molar-refractivity contribution is -0.305. The molecule has 0 bridgehead atoms. The van der Waals surface area contributed by atoms with Crippen LogP contribution in [0.4, 0.5) is 0 Å². The molecule has 17 heavy (non-hydrogen) atoms. The minimum absolute atomic E-state index is 0.0342. The van der Waals surface area contributed by atoms with E-state index in [4.69, 9.17) is 0 Å². The summed E-state index contributed by atoms with van der Waals surface area (Å²) in [5.74, 6) is -1.26. The van der Waals surface area contributed by atoms with E-state index in [-0.39, 0.29) is 18.4 Å². The number of carboxylic acid groups (broad SMARTS) is 1. The van der Waals surface area contributed by atoms with Crippen molar-refractivity contribution >= 4 is 11.9 Å². The third kappa shape index (κ3) is 4.68. The van der Waals surface area contributed by atoms with E-state index >= 15 is 0 Å². The SMILES string of the molecule is CC[C@@H](CCC(=O)[O-])NC(=O)c1ccccc1. The van der Waals surface area contributed by atoms with Crippen molar-refractivity contribution in [3.8, 4) is 0 Å². The number of carbonyl (C=O) groups is 2. The fourth-order valence-corrected chi connectivity index (χ4v) is 1.53. The van der Waals surface area contributed by atoms with Crippen LogP contribution < -0.4 is 10.4 Å². The Labute approximate surface area is 101 Å². The molecule has 0 saturated heterocycles. The van der Waals surface area contributed by atoms with Crippen molar-refractivity contribution in [3.05, 3.63) is 35.9 Å². The second kappa shape index (κ2) is 6.68. The summed E-state index contributed by atoms with van der Waals surface area (Å²) in [5, 5.41) is 13.2. The van der Waals surface area contributed by atoms with Crippen LogP contribution in [0.25, 0.3) is 0 Å². The molecule has 4 nitrogen and oxygen atoms in total. The zero-order valence-corrected chi connectivity index (χ0v) is 9.81. The molecule has 1 aromatic carbocycles. The number of amides is 1. The summed E-state index contributed by atoms with van der Waals surface area (Å²) in [6, 6.07) is 8.74. The Morgan fingerprint density at radius 1 is 1.29 bits per heavy atom. The van der Waals surface area contributed by atoms with Crippen LogP contribution in [0.5, 0.6) is 0 Å². The molecule has 0 radical (unpaired) electrons. The lowest BCUT2D eigenvalue weighted by atomic mass is 10.1. The van der Waals surface area contributed by atoms with Gasteiger partial charge in [0.2, 0.25) is 0 Å². The largest absolute Gasteiger partial charge is 0.550 e. The summed E-state index contributed by atoms with van der Waals surface area (Å²) in [6.07, 6.45) is 1.07. The molecule has 0 fully saturated rings. The second-order valence-electron chi connectivity index (χ2n) is 3.86. The van der Waals surface area contributed by atoms with Crippen molar-refractivity contribution in [1.29, 1.82) is 0 Å². The summed E-state index contributed by atoms with van der Waals surface area (Å²) in [6.45, 7) is 1.91. The van der Waals surface area contributed by atoms with Crippen LogP contribution in [-0.2, 0) is 4.79 Å². The third-order valence-electron chi connectivity index (χ3n) is 2.56. The Hall–Kier alpha value is -1.84. The minimum atomic E-state index is -1.09. The van der Waals surface area contributed by atoms with E-state index in [1.165, 1.54) is 0 Å². The van der Waals surface area contributed by atoms with Gasteiger partial charge < -0.3 is 15.2 Å². The number of carboxylic acids is 1. The van der Waals surface area contributed by atoms with Gasteiger partial charge in [-0.05, 0) is 31.4 Å². The maximum atomic E-state index is 11.8. The molecule has 0 aliphatic carbocycles. The van der Waals surface area contributed by atoms with Crippen LogP contribution in [0.2, 0.25) is 0 Å². The van der Waals surface area contributed by atoms with Gasteiger partial charge in [0.05, 0.1) is 0 Å². The first-order valence-corrected chi connectivity index (χ1v) is 5.69. The molecule has 1 atom stereocenters. The van der Waals surface area contributed by atoms with E-state index in [0.717, 1.165) is 0 Å². The molecule has 1 N–H and O–H groups in total. The summed E-state index contributed by atoms with van der Waals surface area (Å²) in [4.78, 5) is 22.1. The van der Waals surface area contributed by atoms with Crippen molar-refractivity contribution in [2.45, 2.75) is 32.2 Å². The Balaban J connectivity index is 2.51. The average molecular weight is 234 g/mol. The van der Waals surface area contributed by atoms with Gasteiger partial charge in [-0.1, -0.05) is 25.1 Å². The molecule has 0 aliphatic heterocycles. The highest BCUT2D eigenvalue weighted by Gasteiger charge is 2.11. The molecular weight excluding hydrogens is 218 g/mol. The number of rotatable bonds is 6. The summed E-state index contributed by atoms with van der Waals surface area (Å²) in [7, 11) is 0. The quantitative estimate of drug-likeness (QED) is 0.788. The van der Waals surface area contributed by atoms with Crippen LogP contribution in [0.1, 0.15) is 36.5 Å². The fraction of sp³-hybridized carbons (Fsp3) is 0.385. The third-order valence-corrected chi connectivity index (χ3v) is 2.56. The van der Waals surface area contributed by atoms with Crippen LogP contribution in [0.15, 0.2) is 30.3 Å². The number of nitrogens with one attached hydrogen (secondary N) is 1. The first kappa shape index (κ1) is 13.2. The van der Waals surface area contributed by atoms with Gasteiger partial charge >= 0.3 is 0 Å². The average Bonchev–Trinajstić information content (AvgIpc) is 2.35. The Morgan fingerprint density at radius 3 is 2.47 bits per heavy atom. The van der Waals surface area contributed by atoms with Gasteiger partial charge in [-0.3, -0.25) is 4.79 Å². The smallest absolute Gasteiger partial charge is 0.251 e. The van der Waals surface area contributed by atoms with Gasteiger partial charge in [0.1, 0.15) is 0 Å². The molecular formula is C13H16NO3-. The fourth-order valence-electron chi connectivity index (χ4n) is 1.53. The molecule has 0 spiro atoms. The monoisotopic (exact) mass is 234 g/mol. The maximum absolute atomic E-state index is 11.8. The molecule has 1 aromatic rings. The molecule has 1 amide bonds. The van der Waals surface area contributed by atoms with Crippen molar-refractivity contribution in [2.24, 2.45) is 0 Å². The van der Waals surface area contributed by atoms with E-state index in [0.29, 0.717) is 18.4 Å². The topological polar surface area (TPSA) is 69.2 Å². The molecule has 0 heterocycles. The van der Waals surface area contributed by atoms with E-state index < -0.39 is 5.97 Å². The highest BCUT2D eigenvalue weighted by molar-refractivity contribution is 5.94. The van der Waals surface area contributed by atoms with Gasteiger partial charge in [0, 0.05) is 17.6 Å². The van der Waals surface area contributed by atoms with E-state index in [2.05, 4.69) is 5.32 Å². The molecule has 0 unspecified atom stereocenters. The maximum Gasteiger partial charge on any atom is 0.251 e. The number of aliphatic carboxylic acids is 1. The predicted octanol–water partition coefficient (Wildman–Crippen LogP) is 0.725. The zero-order chi connectivity index (χ0) is 12.7. The predicted molar refractivity (Wildman–Crippen MR) is 62.2 cm³/mol. The number of hydrogen-bond donors (Lipinski definition) is 1. The van der Waals surface area contributed by atoms with Crippen molar-refractivity contribution in [3.63, 3.8) is 0 Å². The normalized spacial score (nSPS) is 11.8. The van der Waals surface area contributed by atoms with Gasteiger partial charge in [-0.25, -0.2) is 0 Å². The van der Waals surface area contributed by atoms with Gasteiger partial charge in [0.25, 0.3) is 5.91 Å². The number of hydrogen-bond acceptors (Lipinski definition) is 3. The van der Waals surface area contributed by atoms with Gasteiger partial charge in [0.15, 0.2) is 0 Å². The van der Waals surface area contributed by atoms with Crippen LogP contribution >= 0.6 is 0 Å². The summed E-state index contributed by atoms with van der Waals surface area (Å²) in [5.41, 5.74) is 0.583. The van der Waals surface area contributed by atoms with Crippen molar-refractivity contribution < 1.29 is 14.7 Å². The Morgan fingerprint density at radius 2 is 1.94 bits per heavy atom. The standard InChI is InChI=1S/C13H17NO3/c1-2-11(8-9-12(15)16)14-13(17)10-6-4-3-5-7-10/h3-7,11H,2,8-9H2,1H3,(H,14,17)(H,15,16)/p-1/t11-/m0/s1. The van der Waals surface area contributed by atoms with Gasteiger partial charge in [-0.15, -0.1) is 0 Å². The zero-order valence-electron chi connectivity index (χ0n) is 9.81. The number of carbonyl (C=O) groups excluding carboxylic acids is 2. The van der Waals surface area contributed by atoms with Crippen LogP contribution in [0.3, 0.4) is 0 Å². The Bertz CT molecular complexity index is 376. The summed E-state index contributed by atoms with van der Waals surface area (Å²) >= 11 is 0. The first-order valence-electron chi connectivity index (χ1n) is 5.69. The second-order valence-corrected chi connectivity index (χ2v) is 3.86. The lowest BCUT2D eigenvalue weighted by Crippen LogP contribution is -2.35. The van der Waals surface area contributed by atoms with Crippen LogP contribution in [0, 0.1) is 0 Å². The van der Waals surface area contributed by atoms with Crippen molar-refractivity contribution in [2.75, 3.05) is 0 Å². The first-order chi connectivity index (χ1) is 8.13. The lowest BCUT2D eigenvalue weighted by Gasteiger charge is -2.17.